The van der Waals surface area contributed by atoms with Crippen molar-refractivity contribution in [3.8, 4) is 11.5 Å². The van der Waals surface area contributed by atoms with Crippen molar-refractivity contribution in [2.45, 2.75) is 20.5 Å². The molecular weight excluding hydrogens is 364 g/mol. The van der Waals surface area contributed by atoms with E-state index in [0.29, 0.717) is 16.3 Å². The standard InChI is InChI=1S/C19H18ClF2NO3/c1-11-8-12(2)18(14(20)9-11)23-17(24)7-5-13-4-6-15(26-19(21)22)16(10-13)25-3/h4-10,19H,1-3H3,(H,23,24)/b7-5+. The van der Waals surface area contributed by atoms with Crippen molar-refractivity contribution in [2.24, 2.45) is 0 Å². The van der Waals surface area contributed by atoms with E-state index in [9.17, 15) is 13.6 Å². The maximum absolute atomic E-state index is 12.3. The molecule has 0 aliphatic rings. The second kappa shape index (κ2) is 8.67. The molecule has 0 fully saturated rings. The van der Waals surface area contributed by atoms with Gasteiger partial charge < -0.3 is 14.8 Å². The van der Waals surface area contributed by atoms with Crippen molar-refractivity contribution in [3.05, 3.63) is 58.1 Å². The smallest absolute Gasteiger partial charge is 0.387 e. The van der Waals surface area contributed by atoms with Crippen LogP contribution in [0.1, 0.15) is 16.7 Å². The number of alkyl halides is 2. The highest BCUT2D eigenvalue weighted by molar-refractivity contribution is 6.34. The van der Waals surface area contributed by atoms with Gasteiger partial charge in [-0.25, -0.2) is 0 Å². The Morgan fingerprint density at radius 1 is 1.19 bits per heavy atom. The van der Waals surface area contributed by atoms with Crippen LogP contribution in [-0.2, 0) is 4.79 Å². The minimum atomic E-state index is -2.95. The van der Waals surface area contributed by atoms with Crippen LogP contribution in [0.25, 0.3) is 6.08 Å². The summed E-state index contributed by atoms with van der Waals surface area (Å²) in [5, 5.41) is 3.19. The molecule has 0 aromatic heterocycles. The summed E-state index contributed by atoms with van der Waals surface area (Å²) in [6.07, 6.45) is 2.85. The Morgan fingerprint density at radius 3 is 2.54 bits per heavy atom. The number of rotatable bonds is 6. The van der Waals surface area contributed by atoms with Crippen LogP contribution in [0.5, 0.6) is 11.5 Å². The Morgan fingerprint density at radius 2 is 1.92 bits per heavy atom. The van der Waals surface area contributed by atoms with Gasteiger partial charge in [0.1, 0.15) is 0 Å². The highest BCUT2D eigenvalue weighted by Crippen LogP contribution is 2.30. The van der Waals surface area contributed by atoms with E-state index in [1.54, 1.807) is 6.07 Å². The van der Waals surface area contributed by atoms with Crippen molar-refractivity contribution in [1.82, 2.24) is 0 Å². The lowest BCUT2D eigenvalue weighted by molar-refractivity contribution is -0.111. The maximum atomic E-state index is 12.3. The molecule has 0 saturated carbocycles. The molecule has 4 nitrogen and oxygen atoms in total. The molecule has 1 amide bonds. The SMILES string of the molecule is COc1cc(/C=C/C(=O)Nc2c(C)cc(C)cc2Cl)ccc1OC(F)F. The molecule has 0 heterocycles. The van der Waals surface area contributed by atoms with Crippen LogP contribution < -0.4 is 14.8 Å². The van der Waals surface area contributed by atoms with Gasteiger partial charge in [0.15, 0.2) is 11.5 Å². The Kier molecular flexibility index (Phi) is 6.58. The molecule has 0 radical (unpaired) electrons. The van der Waals surface area contributed by atoms with Crippen molar-refractivity contribution < 1.29 is 23.0 Å². The van der Waals surface area contributed by atoms with Gasteiger partial charge >= 0.3 is 6.61 Å². The van der Waals surface area contributed by atoms with E-state index in [-0.39, 0.29) is 17.4 Å². The van der Waals surface area contributed by atoms with Crippen LogP contribution in [0.3, 0.4) is 0 Å². The quantitative estimate of drug-likeness (QED) is 0.698. The van der Waals surface area contributed by atoms with Crippen LogP contribution in [0.15, 0.2) is 36.4 Å². The van der Waals surface area contributed by atoms with Crippen molar-refractivity contribution in [3.63, 3.8) is 0 Å². The highest BCUT2D eigenvalue weighted by atomic mass is 35.5. The first-order chi connectivity index (χ1) is 12.3. The monoisotopic (exact) mass is 381 g/mol. The number of carbonyl (C=O) groups is 1. The van der Waals surface area contributed by atoms with Gasteiger partial charge in [-0.2, -0.15) is 8.78 Å². The summed E-state index contributed by atoms with van der Waals surface area (Å²) in [6.45, 7) is 0.822. The molecule has 0 unspecified atom stereocenters. The fourth-order valence-corrected chi connectivity index (χ4v) is 2.76. The molecule has 2 aromatic rings. The van der Waals surface area contributed by atoms with E-state index in [4.69, 9.17) is 16.3 Å². The molecule has 0 atom stereocenters. The van der Waals surface area contributed by atoms with Crippen LogP contribution in [0.4, 0.5) is 14.5 Å². The number of ether oxygens (including phenoxy) is 2. The third-order valence-electron chi connectivity index (χ3n) is 3.51. The third-order valence-corrected chi connectivity index (χ3v) is 3.81. The Balaban J connectivity index is 2.13. The molecule has 7 heteroatoms. The van der Waals surface area contributed by atoms with Crippen molar-refractivity contribution >= 4 is 29.3 Å². The Hall–Kier alpha value is -2.60. The number of nitrogens with one attached hydrogen (secondary N) is 1. The highest BCUT2D eigenvalue weighted by Gasteiger charge is 2.11. The van der Waals surface area contributed by atoms with Gasteiger partial charge in [-0.05, 0) is 54.8 Å². The van der Waals surface area contributed by atoms with Crippen molar-refractivity contribution in [2.75, 3.05) is 12.4 Å². The number of hydrogen-bond donors (Lipinski definition) is 1. The molecule has 0 aliphatic carbocycles. The zero-order valence-electron chi connectivity index (χ0n) is 14.5. The van der Waals surface area contributed by atoms with E-state index >= 15 is 0 Å². The third kappa shape index (κ3) is 5.20. The Labute approximate surface area is 155 Å². The number of hydrogen-bond acceptors (Lipinski definition) is 3. The molecule has 2 aromatic carbocycles. The zero-order chi connectivity index (χ0) is 19.3. The summed E-state index contributed by atoms with van der Waals surface area (Å²) in [7, 11) is 1.34. The molecular formula is C19H18ClF2NO3. The van der Waals surface area contributed by atoms with Gasteiger partial charge in [-0.1, -0.05) is 23.7 Å². The minimum absolute atomic E-state index is 0.0776. The lowest BCUT2D eigenvalue weighted by atomic mass is 10.1. The fraction of sp³-hybridized carbons (Fsp3) is 0.211. The largest absolute Gasteiger partial charge is 0.493 e. The first-order valence-electron chi connectivity index (χ1n) is 7.69. The van der Waals surface area contributed by atoms with Crippen LogP contribution in [0.2, 0.25) is 5.02 Å². The number of amides is 1. The summed E-state index contributed by atoms with van der Waals surface area (Å²) in [5.41, 5.74) is 2.99. The zero-order valence-corrected chi connectivity index (χ0v) is 15.2. The predicted molar refractivity (Wildman–Crippen MR) is 98.2 cm³/mol. The topological polar surface area (TPSA) is 47.6 Å². The normalized spacial score (nSPS) is 11.0. The van der Waals surface area contributed by atoms with Crippen LogP contribution in [-0.4, -0.2) is 19.6 Å². The average Bonchev–Trinajstić information content (AvgIpc) is 2.56. The van der Waals surface area contributed by atoms with Crippen LogP contribution in [0, 0.1) is 13.8 Å². The number of halogens is 3. The van der Waals surface area contributed by atoms with E-state index in [2.05, 4.69) is 10.1 Å². The second-order valence-electron chi connectivity index (χ2n) is 5.55. The molecule has 138 valence electrons. The molecule has 0 saturated heterocycles. The van der Waals surface area contributed by atoms with E-state index < -0.39 is 6.61 Å². The predicted octanol–water partition coefficient (Wildman–Crippen LogP) is 5.22. The maximum Gasteiger partial charge on any atom is 0.387 e. The van der Waals surface area contributed by atoms with Gasteiger partial charge in [-0.15, -0.1) is 0 Å². The molecule has 0 spiro atoms. The molecule has 1 N–H and O–H groups in total. The minimum Gasteiger partial charge on any atom is -0.493 e. The fourth-order valence-electron chi connectivity index (χ4n) is 2.39. The second-order valence-corrected chi connectivity index (χ2v) is 5.96. The lowest BCUT2D eigenvalue weighted by Crippen LogP contribution is -2.09. The number of aryl methyl sites for hydroxylation is 2. The Bertz CT molecular complexity index is 815. The summed E-state index contributed by atoms with van der Waals surface area (Å²) >= 11 is 6.16. The summed E-state index contributed by atoms with van der Waals surface area (Å²) in [5.74, 6) is -0.304. The molecule has 0 aliphatic heterocycles. The van der Waals surface area contributed by atoms with E-state index in [0.717, 1.165) is 11.1 Å². The number of carbonyl (C=O) groups excluding carboxylic acids is 1. The first kappa shape index (κ1) is 19.7. The molecule has 26 heavy (non-hydrogen) atoms. The van der Waals surface area contributed by atoms with E-state index in [1.807, 2.05) is 19.9 Å². The average molecular weight is 382 g/mol. The van der Waals surface area contributed by atoms with E-state index in [1.165, 1.54) is 37.5 Å². The first-order valence-corrected chi connectivity index (χ1v) is 8.06. The van der Waals surface area contributed by atoms with Gasteiger partial charge in [0.25, 0.3) is 0 Å². The number of methoxy groups -OCH3 is 1. The number of benzene rings is 2. The lowest BCUT2D eigenvalue weighted by Gasteiger charge is -2.11. The van der Waals surface area contributed by atoms with Gasteiger partial charge in [0, 0.05) is 6.08 Å². The van der Waals surface area contributed by atoms with Gasteiger partial charge in [-0.3, -0.25) is 4.79 Å². The molecule has 0 bridgehead atoms. The van der Waals surface area contributed by atoms with Crippen LogP contribution >= 0.6 is 11.6 Å². The summed E-state index contributed by atoms with van der Waals surface area (Å²) < 4.78 is 34.0. The summed E-state index contributed by atoms with van der Waals surface area (Å²) in [4.78, 5) is 12.1. The summed E-state index contributed by atoms with van der Waals surface area (Å²) in [6, 6.07) is 8.06. The number of anilines is 1. The van der Waals surface area contributed by atoms with Gasteiger partial charge in [0.2, 0.25) is 5.91 Å². The molecule has 2 rings (SSSR count). The van der Waals surface area contributed by atoms with Crippen molar-refractivity contribution in [1.29, 1.82) is 0 Å². The van der Waals surface area contributed by atoms with Gasteiger partial charge in [0.05, 0.1) is 17.8 Å².